The lowest BCUT2D eigenvalue weighted by Crippen LogP contribution is -2.11. The van der Waals surface area contributed by atoms with E-state index in [1.54, 1.807) is 0 Å². The number of alkyl halides is 3. The van der Waals surface area contributed by atoms with Crippen molar-refractivity contribution >= 4 is 5.78 Å². The maximum absolute atomic E-state index is 12.2. The summed E-state index contributed by atoms with van der Waals surface area (Å²) < 4.78 is 36.7. The normalized spacial score (nSPS) is 14.1. The van der Waals surface area contributed by atoms with Crippen LogP contribution in [0.4, 0.5) is 13.2 Å². The number of rotatable bonds is 3. The zero-order valence-electron chi connectivity index (χ0n) is 7.98. The van der Waals surface area contributed by atoms with Crippen LogP contribution < -0.4 is 0 Å². The fraction of sp³-hybridized carbons (Fsp3) is 0.300. The fourth-order valence-electron chi connectivity index (χ4n) is 0.801. The summed E-state index contributed by atoms with van der Waals surface area (Å²) >= 11 is 0. The molecule has 0 aromatic carbocycles. The SMILES string of the molecule is C=C/C(=C\C(=C/C)C(F)(F)F)C(C)=O. The molecule has 0 atom stereocenters. The lowest BCUT2D eigenvalue weighted by Gasteiger charge is -2.07. The standard InChI is InChI=1S/C10H11F3O/c1-4-8(7(3)14)6-9(5-2)10(11,12)13/h4-6H,1H2,2-3H3/b8-6+,9-5+. The van der Waals surface area contributed by atoms with E-state index in [2.05, 4.69) is 6.58 Å². The number of halogens is 3. The summed E-state index contributed by atoms with van der Waals surface area (Å²) in [5.41, 5.74) is -0.891. The van der Waals surface area contributed by atoms with Gasteiger partial charge in [0.25, 0.3) is 0 Å². The Balaban J connectivity index is 5.12. The molecule has 0 unspecified atom stereocenters. The summed E-state index contributed by atoms with van der Waals surface area (Å²) in [4.78, 5) is 10.8. The molecule has 0 aromatic heterocycles. The second kappa shape index (κ2) is 4.79. The van der Waals surface area contributed by atoms with Gasteiger partial charge in [-0.2, -0.15) is 13.2 Å². The van der Waals surface area contributed by atoms with Crippen molar-refractivity contribution in [2.24, 2.45) is 0 Å². The molecule has 0 radical (unpaired) electrons. The average molecular weight is 204 g/mol. The monoisotopic (exact) mass is 204 g/mol. The molecule has 78 valence electrons. The van der Waals surface area contributed by atoms with Gasteiger partial charge in [-0.05, 0) is 19.9 Å². The molecular weight excluding hydrogens is 193 g/mol. The summed E-state index contributed by atoms with van der Waals surface area (Å²) in [6, 6.07) is 0. The summed E-state index contributed by atoms with van der Waals surface area (Å²) in [6.45, 7) is 5.72. The highest BCUT2D eigenvalue weighted by molar-refractivity contribution is 5.96. The molecule has 0 aliphatic heterocycles. The third kappa shape index (κ3) is 3.60. The molecule has 0 aliphatic rings. The molecule has 4 heteroatoms. The molecule has 0 bridgehead atoms. The topological polar surface area (TPSA) is 17.1 Å². The molecule has 0 heterocycles. The highest BCUT2D eigenvalue weighted by Gasteiger charge is 2.31. The van der Waals surface area contributed by atoms with Gasteiger partial charge in [0.15, 0.2) is 5.78 Å². The van der Waals surface area contributed by atoms with E-state index in [1.807, 2.05) is 0 Å². The van der Waals surface area contributed by atoms with Gasteiger partial charge >= 0.3 is 6.18 Å². The average Bonchev–Trinajstić information content (AvgIpc) is 2.03. The van der Waals surface area contributed by atoms with E-state index in [0.29, 0.717) is 0 Å². The van der Waals surface area contributed by atoms with Gasteiger partial charge in [-0.3, -0.25) is 4.79 Å². The Labute approximate surface area is 80.6 Å². The van der Waals surface area contributed by atoms with E-state index in [0.717, 1.165) is 18.2 Å². The second-order valence-corrected chi connectivity index (χ2v) is 2.60. The molecule has 0 N–H and O–H groups in total. The van der Waals surface area contributed by atoms with Gasteiger partial charge in [-0.25, -0.2) is 0 Å². The minimum absolute atomic E-state index is 0.0459. The predicted octanol–water partition coefficient (Wildman–Crippen LogP) is 3.20. The van der Waals surface area contributed by atoms with Crippen LogP contribution in [-0.2, 0) is 4.79 Å². The third-order valence-corrected chi connectivity index (χ3v) is 1.58. The van der Waals surface area contributed by atoms with Gasteiger partial charge in [0.1, 0.15) is 0 Å². The maximum atomic E-state index is 12.2. The first-order valence-corrected chi connectivity index (χ1v) is 3.91. The van der Waals surface area contributed by atoms with Crippen LogP contribution >= 0.6 is 0 Å². The van der Waals surface area contributed by atoms with E-state index in [9.17, 15) is 18.0 Å². The molecule has 0 fully saturated rings. The van der Waals surface area contributed by atoms with Crippen molar-refractivity contribution in [2.75, 3.05) is 0 Å². The second-order valence-electron chi connectivity index (χ2n) is 2.60. The zero-order chi connectivity index (χ0) is 11.4. The molecule has 0 aromatic rings. The Kier molecular flexibility index (Phi) is 4.34. The molecule has 0 spiro atoms. The number of hydrogen-bond donors (Lipinski definition) is 0. The van der Waals surface area contributed by atoms with Gasteiger partial charge in [-0.1, -0.05) is 18.7 Å². The lowest BCUT2D eigenvalue weighted by molar-refractivity contribution is -0.113. The van der Waals surface area contributed by atoms with Crippen LogP contribution in [0.1, 0.15) is 13.8 Å². The summed E-state index contributed by atoms with van der Waals surface area (Å²) in [5, 5.41) is 0. The molecule has 0 amide bonds. The van der Waals surface area contributed by atoms with Crippen molar-refractivity contribution < 1.29 is 18.0 Å². The van der Waals surface area contributed by atoms with Gasteiger partial charge in [0, 0.05) is 5.57 Å². The third-order valence-electron chi connectivity index (χ3n) is 1.58. The van der Waals surface area contributed by atoms with Gasteiger partial charge in [0.2, 0.25) is 0 Å². The number of hydrogen-bond acceptors (Lipinski definition) is 1. The Morgan fingerprint density at radius 1 is 1.36 bits per heavy atom. The van der Waals surface area contributed by atoms with Crippen LogP contribution in [0.25, 0.3) is 0 Å². The van der Waals surface area contributed by atoms with Crippen molar-refractivity contribution in [2.45, 2.75) is 20.0 Å². The fourth-order valence-corrected chi connectivity index (χ4v) is 0.801. The quantitative estimate of drug-likeness (QED) is 0.509. The Hall–Kier alpha value is -1.32. The summed E-state index contributed by atoms with van der Waals surface area (Å²) in [5.74, 6) is -0.441. The minimum atomic E-state index is -4.43. The van der Waals surface area contributed by atoms with Gasteiger partial charge in [0.05, 0.1) is 5.57 Å². The number of allylic oxidation sites excluding steroid dienone is 5. The highest BCUT2D eigenvalue weighted by atomic mass is 19.4. The van der Waals surface area contributed by atoms with E-state index in [4.69, 9.17) is 0 Å². The summed E-state index contributed by atoms with van der Waals surface area (Å²) in [7, 11) is 0. The molecule has 0 saturated heterocycles. The van der Waals surface area contributed by atoms with Gasteiger partial charge in [-0.15, -0.1) is 0 Å². The number of carbonyl (C=O) groups excluding carboxylic acids is 1. The predicted molar refractivity (Wildman–Crippen MR) is 48.8 cm³/mol. The van der Waals surface area contributed by atoms with E-state index in [1.165, 1.54) is 13.8 Å². The molecule has 0 rings (SSSR count). The van der Waals surface area contributed by atoms with E-state index < -0.39 is 17.5 Å². The molecule has 14 heavy (non-hydrogen) atoms. The van der Waals surface area contributed by atoms with Crippen LogP contribution in [0.2, 0.25) is 0 Å². The van der Waals surface area contributed by atoms with Crippen molar-refractivity contribution in [3.63, 3.8) is 0 Å². The van der Waals surface area contributed by atoms with E-state index in [-0.39, 0.29) is 5.57 Å². The Morgan fingerprint density at radius 2 is 1.86 bits per heavy atom. The Bertz CT molecular complexity index is 295. The zero-order valence-corrected chi connectivity index (χ0v) is 7.98. The smallest absolute Gasteiger partial charge is 0.295 e. The minimum Gasteiger partial charge on any atom is -0.295 e. The Morgan fingerprint density at radius 3 is 2.07 bits per heavy atom. The molecule has 0 saturated carbocycles. The van der Waals surface area contributed by atoms with Crippen molar-refractivity contribution in [3.8, 4) is 0 Å². The number of ketones is 1. The van der Waals surface area contributed by atoms with Gasteiger partial charge < -0.3 is 0 Å². The van der Waals surface area contributed by atoms with Crippen molar-refractivity contribution in [3.05, 3.63) is 36.0 Å². The highest BCUT2D eigenvalue weighted by Crippen LogP contribution is 2.27. The lowest BCUT2D eigenvalue weighted by atomic mass is 10.1. The van der Waals surface area contributed by atoms with Crippen LogP contribution in [-0.4, -0.2) is 12.0 Å². The van der Waals surface area contributed by atoms with Crippen molar-refractivity contribution in [1.82, 2.24) is 0 Å². The first-order chi connectivity index (χ1) is 6.32. The van der Waals surface area contributed by atoms with Crippen LogP contribution in [0, 0.1) is 0 Å². The molecule has 0 aliphatic carbocycles. The van der Waals surface area contributed by atoms with Crippen LogP contribution in [0.3, 0.4) is 0 Å². The summed E-state index contributed by atoms with van der Waals surface area (Å²) in [6.07, 6.45) is -1.63. The first kappa shape index (κ1) is 12.7. The van der Waals surface area contributed by atoms with Crippen LogP contribution in [0.5, 0.6) is 0 Å². The first-order valence-electron chi connectivity index (χ1n) is 3.91. The van der Waals surface area contributed by atoms with Crippen molar-refractivity contribution in [1.29, 1.82) is 0 Å². The number of carbonyl (C=O) groups is 1. The van der Waals surface area contributed by atoms with Crippen LogP contribution in [0.15, 0.2) is 36.0 Å². The largest absolute Gasteiger partial charge is 0.416 e. The number of Topliss-reactive ketones (excluding diaryl/α,β-unsaturated/α-hetero) is 1. The maximum Gasteiger partial charge on any atom is 0.416 e. The van der Waals surface area contributed by atoms with E-state index >= 15 is 0 Å². The molecular formula is C10H11F3O. The molecule has 1 nitrogen and oxygen atoms in total.